The molecule has 4 nitrogen and oxygen atoms in total. The number of thiophene rings is 1. The lowest BCUT2D eigenvalue weighted by atomic mass is 10.1. The number of rotatable bonds is 3. The van der Waals surface area contributed by atoms with Gasteiger partial charge in [-0.05, 0) is 24.6 Å². The molecule has 102 valence electrons. The normalized spacial score (nSPS) is 10.9. The highest BCUT2D eigenvalue weighted by Crippen LogP contribution is 2.38. The number of hydrogen-bond acceptors (Lipinski definition) is 4. The lowest BCUT2D eigenvalue weighted by molar-refractivity contribution is 0.783. The predicted octanol–water partition coefficient (Wildman–Crippen LogP) is 3.36. The van der Waals surface area contributed by atoms with Gasteiger partial charge >= 0.3 is 0 Å². The standard InChI is InChI=1S/C15H16N4S/c1-3-11-6-7-12(20-11)14-13(15(16)19(2)18-14)10-5-4-8-17-9-10/h4-9H,3,16H2,1-2H3. The molecule has 3 aromatic rings. The molecular formula is C15H16N4S. The Kier molecular flexibility index (Phi) is 3.28. The van der Waals surface area contributed by atoms with Gasteiger partial charge in [-0.25, -0.2) is 0 Å². The van der Waals surface area contributed by atoms with Crippen LogP contribution in [0.3, 0.4) is 0 Å². The van der Waals surface area contributed by atoms with Gasteiger partial charge in [0.05, 0.1) is 10.4 Å². The zero-order valence-electron chi connectivity index (χ0n) is 11.5. The van der Waals surface area contributed by atoms with Gasteiger partial charge in [0.2, 0.25) is 0 Å². The molecule has 0 bridgehead atoms. The Bertz CT molecular complexity index is 728. The summed E-state index contributed by atoms with van der Waals surface area (Å²) in [6.45, 7) is 2.16. The quantitative estimate of drug-likeness (QED) is 0.802. The van der Waals surface area contributed by atoms with Gasteiger partial charge in [-0.1, -0.05) is 13.0 Å². The number of pyridine rings is 1. The van der Waals surface area contributed by atoms with Gasteiger partial charge in [0.25, 0.3) is 0 Å². The van der Waals surface area contributed by atoms with Crippen molar-refractivity contribution in [2.45, 2.75) is 13.3 Å². The molecule has 0 spiro atoms. The number of nitrogens with zero attached hydrogens (tertiary/aromatic N) is 3. The van der Waals surface area contributed by atoms with Crippen molar-refractivity contribution in [2.75, 3.05) is 5.73 Å². The summed E-state index contributed by atoms with van der Waals surface area (Å²) in [6.07, 6.45) is 4.62. The fourth-order valence-electron chi connectivity index (χ4n) is 2.20. The molecule has 0 fully saturated rings. The van der Waals surface area contributed by atoms with E-state index < -0.39 is 0 Å². The minimum Gasteiger partial charge on any atom is -0.383 e. The maximum Gasteiger partial charge on any atom is 0.130 e. The van der Waals surface area contributed by atoms with E-state index >= 15 is 0 Å². The lowest BCUT2D eigenvalue weighted by Crippen LogP contribution is -1.98. The summed E-state index contributed by atoms with van der Waals surface area (Å²) in [7, 11) is 1.87. The molecule has 0 aliphatic heterocycles. The fourth-order valence-corrected chi connectivity index (χ4v) is 3.14. The van der Waals surface area contributed by atoms with E-state index in [0.717, 1.165) is 28.1 Å². The van der Waals surface area contributed by atoms with Gasteiger partial charge < -0.3 is 5.73 Å². The Morgan fingerprint density at radius 3 is 2.80 bits per heavy atom. The molecule has 0 atom stereocenters. The van der Waals surface area contributed by atoms with Crippen LogP contribution < -0.4 is 5.73 Å². The van der Waals surface area contributed by atoms with Crippen LogP contribution in [0.2, 0.25) is 0 Å². The van der Waals surface area contributed by atoms with Crippen molar-refractivity contribution in [1.29, 1.82) is 0 Å². The predicted molar refractivity (Wildman–Crippen MR) is 83.5 cm³/mol. The molecule has 0 radical (unpaired) electrons. The summed E-state index contributed by atoms with van der Waals surface area (Å²) in [6, 6.07) is 8.19. The molecular weight excluding hydrogens is 268 g/mol. The monoisotopic (exact) mass is 284 g/mol. The van der Waals surface area contributed by atoms with E-state index in [9.17, 15) is 0 Å². The molecule has 3 rings (SSSR count). The third kappa shape index (κ3) is 2.10. The van der Waals surface area contributed by atoms with Gasteiger partial charge in [0.15, 0.2) is 0 Å². The van der Waals surface area contributed by atoms with E-state index in [2.05, 4.69) is 29.1 Å². The largest absolute Gasteiger partial charge is 0.383 e. The second-order valence-electron chi connectivity index (χ2n) is 4.59. The highest BCUT2D eigenvalue weighted by Gasteiger charge is 2.18. The number of nitrogens with two attached hydrogens (primary N) is 1. The Hall–Kier alpha value is -2.14. The van der Waals surface area contributed by atoms with Gasteiger partial charge in [-0.3, -0.25) is 9.67 Å². The van der Waals surface area contributed by atoms with Gasteiger partial charge in [0.1, 0.15) is 11.5 Å². The Balaban J connectivity index is 2.19. The number of anilines is 1. The first-order valence-electron chi connectivity index (χ1n) is 6.52. The van der Waals surface area contributed by atoms with Crippen LogP contribution in [0.15, 0.2) is 36.7 Å². The second-order valence-corrected chi connectivity index (χ2v) is 5.76. The summed E-state index contributed by atoms with van der Waals surface area (Å²) in [4.78, 5) is 6.67. The number of hydrogen-bond donors (Lipinski definition) is 1. The van der Waals surface area contributed by atoms with Crippen molar-refractivity contribution >= 4 is 17.2 Å². The summed E-state index contributed by atoms with van der Waals surface area (Å²) in [5.74, 6) is 0.666. The van der Waals surface area contributed by atoms with E-state index in [4.69, 9.17) is 5.73 Å². The molecule has 0 unspecified atom stereocenters. The average molecular weight is 284 g/mol. The number of aryl methyl sites for hydroxylation is 2. The molecule has 0 saturated carbocycles. The van der Waals surface area contributed by atoms with Crippen LogP contribution in [0.5, 0.6) is 0 Å². The van der Waals surface area contributed by atoms with Crippen LogP contribution in [0, 0.1) is 0 Å². The Morgan fingerprint density at radius 2 is 2.15 bits per heavy atom. The highest BCUT2D eigenvalue weighted by molar-refractivity contribution is 7.15. The van der Waals surface area contributed by atoms with E-state index in [1.165, 1.54) is 4.88 Å². The van der Waals surface area contributed by atoms with Crippen molar-refractivity contribution in [3.8, 4) is 21.7 Å². The van der Waals surface area contributed by atoms with Gasteiger partial charge in [-0.15, -0.1) is 11.3 Å². The maximum absolute atomic E-state index is 6.19. The van der Waals surface area contributed by atoms with Gasteiger partial charge in [-0.2, -0.15) is 5.10 Å². The minimum atomic E-state index is 0.666. The molecule has 2 N–H and O–H groups in total. The Morgan fingerprint density at radius 1 is 1.30 bits per heavy atom. The molecule has 0 aromatic carbocycles. The summed E-state index contributed by atoms with van der Waals surface area (Å²) < 4.78 is 1.73. The smallest absolute Gasteiger partial charge is 0.130 e. The molecule has 20 heavy (non-hydrogen) atoms. The van der Waals surface area contributed by atoms with Crippen LogP contribution in [0.25, 0.3) is 21.7 Å². The summed E-state index contributed by atoms with van der Waals surface area (Å²) in [5.41, 5.74) is 9.09. The lowest BCUT2D eigenvalue weighted by Gasteiger charge is -2.02. The maximum atomic E-state index is 6.19. The van der Waals surface area contributed by atoms with Crippen molar-refractivity contribution in [3.05, 3.63) is 41.5 Å². The molecule has 0 amide bonds. The van der Waals surface area contributed by atoms with Crippen LogP contribution >= 0.6 is 11.3 Å². The molecule has 0 aliphatic rings. The zero-order valence-corrected chi connectivity index (χ0v) is 12.3. The molecule has 0 aliphatic carbocycles. The number of aromatic nitrogens is 3. The van der Waals surface area contributed by atoms with Crippen LogP contribution in [-0.4, -0.2) is 14.8 Å². The van der Waals surface area contributed by atoms with E-state index in [0.29, 0.717) is 5.82 Å². The first kappa shape index (κ1) is 12.9. The summed E-state index contributed by atoms with van der Waals surface area (Å²) >= 11 is 1.77. The Labute approximate surface area is 121 Å². The van der Waals surface area contributed by atoms with E-state index in [1.807, 2.05) is 25.4 Å². The van der Waals surface area contributed by atoms with Crippen molar-refractivity contribution < 1.29 is 0 Å². The number of nitrogen functional groups attached to an aromatic ring is 1. The van der Waals surface area contributed by atoms with Crippen LogP contribution in [-0.2, 0) is 13.5 Å². The third-order valence-corrected chi connectivity index (χ3v) is 4.52. The summed E-state index contributed by atoms with van der Waals surface area (Å²) in [5, 5.41) is 4.58. The zero-order chi connectivity index (χ0) is 14.1. The second kappa shape index (κ2) is 5.09. The SMILES string of the molecule is CCc1ccc(-c2nn(C)c(N)c2-c2cccnc2)s1. The van der Waals surface area contributed by atoms with E-state index in [-0.39, 0.29) is 0 Å². The van der Waals surface area contributed by atoms with Crippen LogP contribution in [0.4, 0.5) is 5.82 Å². The first-order chi connectivity index (χ1) is 9.70. The molecule has 3 heterocycles. The average Bonchev–Trinajstić information content (AvgIpc) is 3.06. The van der Waals surface area contributed by atoms with Crippen molar-refractivity contribution in [2.24, 2.45) is 7.05 Å². The molecule has 5 heteroatoms. The fraction of sp³-hybridized carbons (Fsp3) is 0.200. The highest BCUT2D eigenvalue weighted by atomic mass is 32.1. The molecule has 0 saturated heterocycles. The van der Waals surface area contributed by atoms with E-state index in [1.54, 1.807) is 22.2 Å². The minimum absolute atomic E-state index is 0.666. The molecule has 3 aromatic heterocycles. The first-order valence-corrected chi connectivity index (χ1v) is 7.34. The van der Waals surface area contributed by atoms with Crippen molar-refractivity contribution in [3.63, 3.8) is 0 Å². The third-order valence-electron chi connectivity index (χ3n) is 3.29. The van der Waals surface area contributed by atoms with Crippen LogP contribution in [0.1, 0.15) is 11.8 Å². The van der Waals surface area contributed by atoms with Crippen molar-refractivity contribution in [1.82, 2.24) is 14.8 Å². The van der Waals surface area contributed by atoms with Gasteiger partial charge in [0, 0.05) is 29.9 Å². The topological polar surface area (TPSA) is 56.7 Å².